The van der Waals surface area contributed by atoms with Crippen LogP contribution in [0.2, 0.25) is 0 Å². The van der Waals surface area contributed by atoms with Crippen molar-refractivity contribution in [3.8, 4) is 0 Å². The summed E-state index contributed by atoms with van der Waals surface area (Å²) in [5.74, 6) is 0.0444. The van der Waals surface area contributed by atoms with E-state index in [4.69, 9.17) is 22.4 Å². The van der Waals surface area contributed by atoms with Crippen LogP contribution in [0.1, 0.15) is 6.42 Å². The second kappa shape index (κ2) is 11.8. The first-order valence-corrected chi connectivity index (χ1v) is 13.0. The number of benzene rings is 1. The van der Waals surface area contributed by atoms with Crippen molar-refractivity contribution in [2.75, 3.05) is 33.3 Å². The molecule has 0 bridgehead atoms. The number of thiazole rings is 1. The van der Waals surface area contributed by atoms with Crippen molar-refractivity contribution in [1.29, 1.82) is 0 Å². The monoisotopic (exact) mass is 545 g/mol. The normalized spacial score (nSPS) is 17.5. The third-order valence-electron chi connectivity index (χ3n) is 5.46. The predicted octanol–water partition coefficient (Wildman–Crippen LogP) is 4.59. The molecule has 0 amide bonds. The zero-order valence-electron chi connectivity index (χ0n) is 19.6. The number of guanidine groups is 1. The summed E-state index contributed by atoms with van der Waals surface area (Å²) in [6, 6.07) is 4.45. The first kappa shape index (κ1) is 26.1. The van der Waals surface area contributed by atoms with E-state index in [9.17, 15) is 4.39 Å². The van der Waals surface area contributed by atoms with Gasteiger partial charge in [-0.2, -0.15) is 4.99 Å². The number of rotatable bonds is 7. The molecule has 0 radical (unpaired) electrons. The summed E-state index contributed by atoms with van der Waals surface area (Å²) in [5, 5.41) is 10.1. The van der Waals surface area contributed by atoms with E-state index >= 15 is 0 Å². The average Bonchev–Trinajstić information content (AvgIpc) is 3.26. The summed E-state index contributed by atoms with van der Waals surface area (Å²) in [6.07, 6.45) is 8.07. The summed E-state index contributed by atoms with van der Waals surface area (Å²) in [7, 11) is 1.70. The lowest BCUT2D eigenvalue weighted by atomic mass is 10.0. The van der Waals surface area contributed by atoms with Crippen molar-refractivity contribution < 1.29 is 9.50 Å². The second-order valence-electron chi connectivity index (χ2n) is 7.86. The molecule has 0 atom stereocenters. The number of β-amino-alcohol motifs (C(OH)–C–C–N with tert-alkyl or cyclic N) is 1. The van der Waals surface area contributed by atoms with E-state index in [0.29, 0.717) is 59.0 Å². The summed E-state index contributed by atoms with van der Waals surface area (Å²) in [4.78, 5) is 15.2. The number of aliphatic imine (C=N–C) groups is 2. The van der Waals surface area contributed by atoms with Gasteiger partial charge in [-0.1, -0.05) is 35.6 Å². The van der Waals surface area contributed by atoms with Crippen LogP contribution in [0.5, 0.6) is 0 Å². The maximum Gasteiger partial charge on any atom is 0.213 e. The molecular weight excluding hydrogens is 521 g/mol. The van der Waals surface area contributed by atoms with E-state index in [-0.39, 0.29) is 12.4 Å². The van der Waals surface area contributed by atoms with Gasteiger partial charge in [0.25, 0.3) is 0 Å². The topological polar surface area (TPSA) is 103 Å². The van der Waals surface area contributed by atoms with Crippen LogP contribution in [0.4, 0.5) is 9.52 Å². The standard InChI is InChI=1S/C24H25ClFN7OS2/c1-15(17-13-29-36-33(14-17)9-10-34)11-19(25)22(28-2)16-5-7-32(8-6-16)23(27)31-24-30-20-4-3-18(26)12-21(20)35-24/h3-5,11-14,34H,1,6-10H2,2H3,(H2,27,30,31)/b19-11+,28-22?. The molecule has 0 saturated carbocycles. The number of hydrogen-bond acceptors (Lipinski definition) is 8. The molecule has 2 aliphatic heterocycles. The van der Waals surface area contributed by atoms with Gasteiger partial charge >= 0.3 is 0 Å². The lowest BCUT2D eigenvalue weighted by Gasteiger charge is -2.27. The van der Waals surface area contributed by atoms with Crippen LogP contribution in [-0.2, 0) is 0 Å². The summed E-state index contributed by atoms with van der Waals surface area (Å²) >= 11 is 9.21. The largest absolute Gasteiger partial charge is 0.394 e. The van der Waals surface area contributed by atoms with Crippen molar-refractivity contribution in [3.63, 3.8) is 0 Å². The van der Waals surface area contributed by atoms with Gasteiger partial charge in [-0.3, -0.25) is 4.99 Å². The minimum atomic E-state index is -0.306. The van der Waals surface area contributed by atoms with E-state index in [0.717, 1.165) is 15.8 Å². The Labute approximate surface area is 222 Å². The van der Waals surface area contributed by atoms with E-state index in [1.54, 1.807) is 25.4 Å². The smallest absolute Gasteiger partial charge is 0.213 e. The highest BCUT2D eigenvalue weighted by Crippen LogP contribution is 2.29. The van der Waals surface area contributed by atoms with Gasteiger partial charge in [-0.05, 0) is 41.8 Å². The maximum absolute atomic E-state index is 13.5. The summed E-state index contributed by atoms with van der Waals surface area (Å²) in [5.41, 5.74) is 10.1. The third-order valence-corrected chi connectivity index (χ3v) is 7.35. The molecule has 1 aromatic heterocycles. The second-order valence-corrected chi connectivity index (χ2v) is 10.1. The SMILES string of the molecule is C=C(/C=C(/Cl)C(=NC)C1=CCN(/C(N)=N/c2nc3ccc(F)cc3s2)CC1)C1=CN(CCO)SN=C1. The maximum atomic E-state index is 13.5. The van der Waals surface area contributed by atoms with Gasteiger partial charge in [0.15, 0.2) is 5.96 Å². The number of nitrogens with two attached hydrogens (primary N) is 1. The molecule has 0 unspecified atom stereocenters. The Morgan fingerprint density at radius 3 is 2.97 bits per heavy atom. The molecule has 3 N–H and O–H groups in total. The quantitative estimate of drug-likeness (QED) is 0.228. The number of allylic oxidation sites excluding steroid dienone is 4. The molecule has 8 nitrogen and oxygen atoms in total. The Kier molecular flexibility index (Phi) is 8.57. The molecule has 2 aliphatic rings. The first-order valence-electron chi connectivity index (χ1n) is 11.1. The van der Waals surface area contributed by atoms with Crippen LogP contribution in [0.15, 0.2) is 79.3 Å². The molecule has 3 heterocycles. The molecule has 188 valence electrons. The number of hydrogen-bond donors (Lipinski definition) is 2. The summed E-state index contributed by atoms with van der Waals surface area (Å²) < 4.78 is 20.2. The molecule has 0 fully saturated rings. The molecule has 0 saturated heterocycles. The molecule has 2 aromatic rings. The molecule has 0 spiro atoms. The Balaban J connectivity index is 1.44. The van der Waals surface area contributed by atoms with E-state index in [2.05, 4.69) is 25.9 Å². The van der Waals surface area contributed by atoms with Crippen molar-refractivity contribution >= 4 is 68.3 Å². The van der Waals surface area contributed by atoms with Crippen molar-refractivity contribution in [1.82, 2.24) is 14.2 Å². The molecule has 36 heavy (non-hydrogen) atoms. The number of halogens is 2. The Bertz CT molecular complexity index is 1350. The predicted molar refractivity (Wildman–Crippen MR) is 150 cm³/mol. The van der Waals surface area contributed by atoms with Crippen molar-refractivity contribution in [2.24, 2.45) is 20.1 Å². The highest BCUT2D eigenvalue weighted by molar-refractivity contribution is 7.96. The molecular formula is C24H25ClFN7OS2. The molecule has 0 aliphatic carbocycles. The van der Waals surface area contributed by atoms with Gasteiger partial charge in [0.2, 0.25) is 5.13 Å². The Morgan fingerprint density at radius 1 is 1.42 bits per heavy atom. The fraction of sp³-hybridized carbons (Fsp3) is 0.250. The van der Waals surface area contributed by atoms with Crippen LogP contribution >= 0.6 is 35.1 Å². The van der Waals surface area contributed by atoms with Crippen LogP contribution < -0.4 is 5.73 Å². The lowest BCUT2D eigenvalue weighted by molar-refractivity contribution is 0.278. The average molecular weight is 546 g/mol. The lowest BCUT2D eigenvalue weighted by Crippen LogP contribution is -2.40. The number of aromatic nitrogens is 1. The summed E-state index contributed by atoms with van der Waals surface area (Å²) in [6.45, 7) is 5.78. The van der Waals surface area contributed by atoms with E-state index in [1.165, 1.54) is 35.6 Å². The third kappa shape index (κ3) is 6.22. The fourth-order valence-electron chi connectivity index (χ4n) is 3.63. The number of aliphatic hydroxyl groups excluding tert-OH is 1. The first-order chi connectivity index (χ1) is 17.4. The molecule has 1 aromatic carbocycles. The van der Waals surface area contributed by atoms with Crippen LogP contribution in [0.25, 0.3) is 10.2 Å². The van der Waals surface area contributed by atoms with Gasteiger partial charge in [0, 0.05) is 38.1 Å². The highest BCUT2D eigenvalue weighted by atomic mass is 35.5. The van der Waals surface area contributed by atoms with E-state index in [1.807, 2.05) is 21.5 Å². The minimum absolute atomic E-state index is 0.0307. The van der Waals surface area contributed by atoms with Gasteiger partial charge in [-0.15, -0.1) is 0 Å². The Hall–Kier alpha value is -2.99. The van der Waals surface area contributed by atoms with Gasteiger partial charge < -0.3 is 20.0 Å². The zero-order valence-corrected chi connectivity index (χ0v) is 22.0. The van der Waals surface area contributed by atoms with Crippen LogP contribution in [0, 0.1) is 5.82 Å². The minimum Gasteiger partial charge on any atom is -0.394 e. The number of nitrogens with zero attached hydrogens (tertiary/aromatic N) is 6. The highest BCUT2D eigenvalue weighted by Gasteiger charge is 2.19. The number of fused-ring (bicyclic) bond motifs is 1. The fourth-order valence-corrected chi connectivity index (χ4v) is 5.44. The van der Waals surface area contributed by atoms with Crippen molar-refractivity contribution in [3.05, 3.63) is 70.7 Å². The van der Waals surface area contributed by atoms with Gasteiger partial charge in [0.1, 0.15) is 5.82 Å². The number of aliphatic hydroxyl groups is 1. The Morgan fingerprint density at radius 2 is 2.25 bits per heavy atom. The van der Waals surface area contributed by atoms with Gasteiger partial charge in [0.05, 0.1) is 46.2 Å². The van der Waals surface area contributed by atoms with Gasteiger partial charge in [-0.25, -0.2) is 13.8 Å². The van der Waals surface area contributed by atoms with Crippen LogP contribution in [0.3, 0.4) is 0 Å². The molecule has 4 rings (SSSR count). The zero-order chi connectivity index (χ0) is 25.7. The van der Waals surface area contributed by atoms with E-state index < -0.39 is 0 Å². The van der Waals surface area contributed by atoms with Crippen LogP contribution in [-0.4, -0.2) is 70.5 Å². The molecule has 12 heteroatoms. The van der Waals surface area contributed by atoms with Crippen molar-refractivity contribution in [2.45, 2.75) is 6.42 Å².